The van der Waals surface area contributed by atoms with E-state index < -0.39 is 0 Å². The summed E-state index contributed by atoms with van der Waals surface area (Å²) in [4.78, 5) is 12.3. The highest BCUT2D eigenvalue weighted by Gasteiger charge is 2.10. The summed E-state index contributed by atoms with van der Waals surface area (Å²) in [5, 5.41) is 2.86. The number of aryl methyl sites for hydroxylation is 1. The van der Waals surface area contributed by atoms with Crippen molar-refractivity contribution in [1.82, 2.24) is 0 Å². The summed E-state index contributed by atoms with van der Waals surface area (Å²) in [6, 6.07) is 15.0. The maximum atomic E-state index is 12.3. The molecule has 0 heterocycles. The quantitative estimate of drug-likeness (QED) is 0.819. The predicted octanol–water partition coefficient (Wildman–Crippen LogP) is 2.56. The van der Waals surface area contributed by atoms with E-state index in [1.165, 1.54) is 0 Å². The highest BCUT2D eigenvalue weighted by atomic mass is 16.1. The first kappa shape index (κ1) is 13.9. The fourth-order valence-electron chi connectivity index (χ4n) is 1.82. The first-order chi connectivity index (χ1) is 9.70. The fraction of sp³-hybridized carbons (Fsp3) is 0.118. The van der Waals surface area contributed by atoms with Crippen LogP contribution in [0.15, 0.2) is 48.5 Å². The van der Waals surface area contributed by atoms with Crippen molar-refractivity contribution in [2.24, 2.45) is 5.73 Å². The Balaban J connectivity index is 2.31. The van der Waals surface area contributed by atoms with Crippen LogP contribution in [-0.2, 0) is 0 Å². The normalized spacial score (nSPS) is 9.50. The van der Waals surface area contributed by atoms with Crippen molar-refractivity contribution in [1.29, 1.82) is 0 Å². The van der Waals surface area contributed by atoms with Crippen molar-refractivity contribution in [3.05, 3.63) is 65.2 Å². The summed E-state index contributed by atoms with van der Waals surface area (Å²) >= 11 is 0. The molecule has 2 aromatic rings. The molecule has 0 spiro atoms. The molecule has 0 atom stereocenters. The third kappa shape index (κ3) is 3.47. The third-order valence-electron chi connectivity index (χ3n) is 2.78. The number of para-hydroxylation sites is 1. The number of nitrogens with one attached hydrogen (secondary N) is 1. The van der Waals surface area contributed by atoms with Crippen LogP contribution in [0.1, 0.15) is 21.5 Å². The average Bonchev–Trinajstić information content (AvgIpc) is 2.47. The highest BCUT2D eigenvalue weighted by Crippen LogP contribution is 2.14. The van der Waals surface area contributed by atoms with Crippen LogP contribution in [0.25, 0.3) is 0 Å². The zero-order valence-electron chi connectivity index (χ0n) is 11.3. The Morgan fingerprint density at radius 2 is 1.95 bits per heavy atom. The van der Waals surface area contributed by atoms with Gasteiger partial charge in [-0.05, 0) is 31.2 Å². The first-order valence-corrected chi connectivity index (χ1v) is 6.36. The van der Waals surface area contributed by atoms with E-state index in [2.05, 4.69) is 17.2 Å². The summed E-state index contributed by atoms with van der Waals surface area (Å²) in [6.45, 7) is 2.22. The van der Waals surface area contributed by atoms with Crippen LogP contribution in [0.4, 0.5) is 5.69 Å². The predicted molar refractivity (Wildman–Crippen MR) is 81.5 cm³/mol. The van der Waals surface area contributed by atoms with Crippen LogP contribution in [0.5, 0.6) is 0 Å². The molecule has 0 aliphatic rings. The van der Waals surface area contributed by atoms with E-state index in [0.29, 0.717) is 11.1 Å². The molecule has 1 amide bonds. The van der Waals surface area contributed by atoms with Gasteiger partial charge < -0.3 is 11.1 Å². The van der Waals surface area contributed by atoms with E-state index in [9.17, 15) is 4.79 Å². The van der Waals surface area contributed by atoms with E-state index in [-0.39, 0.29) is 12.5 Å². The minimum absolute atomic E-state index is 0.166. The molecule has 0 saturated carbocycles. The van der Waals surface area contributed by atoms with Crippen molar-refractivity contribution < 1.29 is 4.79 Å². The average molecular weight is 264 g/mol. The SMILES string of the molecule is Cc1ccc(C#CCN)c(C(=O)Nc2ccccc2)c1. The summed E-state index contributed by atoms with van der Waals surface area (Å²) in [5.74, 6) is 5.55. The third-order valence-corrected chi connectivity index (χ3v) is 2.78. The molecule has 0 aromatic heterocycles. The Bertz CT molecular complexity index is 666. The number of anilines is 1. The van der Waals surface area contributed by atoms with Gasteiger partial charge in [0.15, 0.2) is 0 Å². The molecule has 0 aliphatic heterocycles. The van der Waals surface area contributed by atoms with Gasteiger partial charge in [-0.3, -0.25) is 4.79 Å². The summed E-state index contributed by atoms with van der Waals surface area (Å²) in [7, 11) is 0. The zero-order chi connectivity index (χ0) is 14.4. The van der Waals surface area contributed by atoms with Crippen LogP contribution >= 0.6 is 0 Å². The molecule has 0 radical (unpaired) electrons. The molecule has 0 unspecified atom stereocenters. The molecule has 2 aromatic carbocycles. The number of hydrogen-bond acceptors (Lipinski definition) is 2. The molecule has 0 bridgehead atoms. The van der Waals surface area contributed by atoms with Crippen LogP contribution < -0.4 is 11.1 Å². The van der Waals surface area contributed by atoms with E-state index in [0.717, 1.165) is 11.3 Å². The van der Waals surface area contributed by atoms with Gasteiger partial charge in [0.25, 0.3) is 5.91 Å². The lowest BCUT2D eigenvalue weighted by Gasteiger charge is -2.08. The second-order valence-electron chi connectivity index (χ2n) is 4.38. The molecular weight excluding hydrogens is 248 g/mol. The van der Waals surface area contributed by atoms with Gasteiger partial charge in [0.05, 0.1) is 12.1 Å². The number of hydrogen-bond donors (Lipinski definition) is 2. The van der Waals surface area contributed by atoms with Gasteiger partial charge in [-0.2, -0.15) is 0 Å². The Kier molecular flexibility index (Phi) is 4.54. The van der Waals surface area contributed by atoms with Gasteiger partial charge in [-0.15, -0.1) is 0 Å². The lowest BCUT2D eigenvalue weighted by molar-refractivity contribution is 0.102. The van der Waals surface area contributed by atoms with E-state index >= 15 is 0 Å². The topological polar surface area (TPSA) is 55.1 Å². The van der Waals surface area contributed by atoms with Gasteiger partial charge in [-0.25, -0.2) is 0 Å². The number of amides is 1. The molecule has 3 nitrogen and oxygen atoms in total. The monoisotopic (exact) mass is 264 g/mol. The van der Waals surface area contributed by atoms with Crippen molar-refractivity contribution in [3.63, 3.8) is 0 Å². The number of carbonyl (C=O) groups excluding carboxylic acids is 1. The zero-order valence-corrected chi connectivity index (χ0v) is 11.3. The second-order valence-corrected chi connectivity index (χ2v) is 4.38. The van der Waals surface area contributed by atoms with E-state index in [1.807, 2.05) is 55.5 Å². The van der Waals surface area contributed by atoms with Crippen molar-refractivity contribution in [2.75, 3.05) is 11.9 Å². The standard InChI is InChI=1S/C17H16N2O/c1-13-9-10-14(6-5-11-18)16(12-13)17(20)19-15-7-3-2-4-8-15/h2-4,7-10,12H,11,18H2,1H3,(H,19,20). The lowest BCUT2D eigenvalue weighted by Crippen LogP contribution is -2.13. The molecule has 0 fully saturated rings. The van der Waals surface area contributed by atoms with E-state index in [4.69, 9.17) is 5.73 Å². The van der Waals surface area contributed by atoms with Crippen molar-refractivity contribution in [3.8, 4) is 11.8 Å². The molecule has 3 N–H and O–H groups in total. The van der Waals surface area contributed by atoms with Crippen LogP contribution in [0, 0.1) is 18.8 Å². The molecule has 0 saturated heterocycles. The number of carbonyl (C=O) groups is 1. The Labute approximate surface area is 118 Å². The van der Waals surface area contributed by atoms with Gasteiger partial charge in [0.1, 0.15) is 0 Å². The number of rotatable bonds is 2. The lowest BCUT2D eigenvalue weighted by atomic mass is 10.0. The van der Waals surface area contributed by atoms with Crippen LogP contribution in [-0.4, -0.2) is 12.5 Å². The molecule has 3 heteroatoms. The smallest absolute Gasteiger partial charge is 0.256 e. The van der Waals surface area contributed by atoms with Gasteiger partial charge >= 0.3 is 0 Å². The fourth-order valence-corrected chi connectivity index (χ4v) is 1.82. The highest BCUT2D eigenvalue weighted by molar-refractivity contribution is 6.06. The van der Waals surface area contributed by atoms with Crippen LogP contribution in [0.3, 0.4) is 0 Å². The maximum absolute atomic E-state index is 12.3. The maximum Gasteiger partial charge on any atom is 0.256 e. The molecule has 2 rings (SSSR count). The minimum Gasteiger partial charge on any atom is -0.322 e. The molecule has 100 valence electrons. The van der Waals surface area contributed by atoms with Gasteiger partial charge in [-0.1, -0.05) is 41.7 Å². The first-order valence-electron chi connectivity index (χ1n) is 6.36. The largest absolute Gasteiger partial charge is 0.322 e. The molecule has 0 aliphatic carbocycles. The Morgan fingerprint density at radius 3 is 2.65 bits per heavy atom. The van der Waals surface area contributed by atoms with E-state index in [1.54, 1.807) is 0 Å². The van der Waals surface area contributed by atoms with Crippen molar-refractivity contribution in [2.45, 2.75) is 6.92 Å². The van der Waals surface area contributed by atoms with Gasteiger partial charge in [0.2, 0.25) is 0 Å². The minimum atomic E-state index is -0.166. The van der Waals surface area contributed by atoms with Crippen molar-refractivity contribution >= 4 is 11.6 Å². The summed E-state index contributed by atoms with van der Waals surface area (Å²) in [6.07, 6.45) is 0. The summed E-state index contributed by atoms with van der Waals surface area (Å²) in [5.41, 5.74) is 8.41. The van der Waals surface area contributed by atoms with Gasteiger partial charge in [0, 0.05) is 11.3 Å². The number of nitrogens with two attached hydrogens (primary N) is 1. The summed E-state index contributed by atoms with van der Waals surface area (Å²) < 4.78 is 0. The molecule has 20 heavy (non-hydrogen) atoms. The second kappa shape index (κ2) is 6.55. The van der Waals surface area contributed by atoms with Crippen LogP contribution in [0.2, 0.25) is 0 Å². The number of benzene rings is 2. The molecular formula is C17H16N2O. The Hall–Kier alpha value is -2.57. The Morgan fingerprint density at radius 1 is 1.20 bits per heavy atom.